The van der Waals surface area contributed by atoms with Gasteiger partial charge in [-0.2, -0.15) is 0 Å². The molecule has 3 fully saturated rings. The van der Waals surface area contributed by atoms with Gasteiger partial charge in [0.2, 0.25) is 11.8 Å². The summed E-state index contributed by atoms with van der Waals surface area (Å²) in [6, 6.07) is 6.55. The summed E-state index contributed by atoms with van der Waals surface area (Å²) in [4.78, 5) is 45.8. The van der Waals surface area contributed by atoms with Crippen molar-refractivity contribution in [2.45, 2.75) is 76.3 Å². The van der Waals surface area contributed by atoms with Crippen molar-refractivity contribution < 1.29 is 29.0 Å². The molecule has 11 nitrogen and oxygen atoms in total. The second-order valence-electron chi connectivity index (χ2n) is 12.2. The van der Waals surface area contributed by atoms with E-state index in [0.717, 1.165) is 18.4 Å². The van der Waals surface area contributed by atoms with Gasteiger partial charge in [0.05, 0.1) is 23.6 Å². The second-order valence-corrected chi connectivity index (χ2v) is 12.2. The van der Waals surface area contributed by atoms with Crippen molar-refractivity contribution >= 4 is 28.8 Å². The topological polar surface area (TPSA) is 127 Å². The lowest BCUT2D eigenvalue weighted by molar-refractivity contribution is -0.162. The lowest BCUT2D eigenvalue weighted by Crippen LogP contribution is -2.56. The highest BCUT2D eigenvalue weighted by atomic mass is 16.6. The molecule has 6 atom stereocenters. The summed E-state index contributed by atoms with van der Waals surface area (Å²) in [6.45, 7) is 12.3. The Labute approximate surface area is 252 Å². The number of hydrogen-bond donors (Lipinski definition) is 1. The highest BCUT2D eigenvalue weighted by Crippen LogP contribution is 2.65. The highest BCUT2D eigenvalue weighted by molar-refractivity contribution is 5.98. The number of unbranched alkanes of at least 4 members (excludes halogenated alkanes) is 3. The summed E-state index contributed by atoms with van der Waals surface area (Å²) in [7, 11) is 0. The number of carbonyl (C=O) groups excluding carboxylic acids is 3. The molecule has 232 valence electrons. The Kier molecular flexibility index (Phi) is 9.03. The van der Waals surface area contributed by atoms with Crippen LogP contribution in [0.5, 0.6) is 0 Å². The first-order valence-electron chi connectivity index (χ1n) is 15.3. The van der Waals surface area contributed by atoms with Crippen LogP contribution < -0.4 is 0 Å². The number of aliphatic hydroxyl groups is 1. The van der Waals surface area contributed by atoms with Crippen molar-refractivity contribution in [3.8, 4) is 0 Å². The van der Waals surface area contributed by atoms with Crippen molar-refractivity contribution in [1.29, 1.82) is 0 Å². The van der Waals surface area contributed by atoms with E-state index >= 15 is 0 Å². The van der Waals surface area contributed by atoms with Gasteiger partial charge in [-0.05, 0) is 63.5 Å². The number of ether oxygens (including phenoxy) is 2. The molecule has 3 saturated heterocycles. The number of benzene rings is 1. The quantitative estimate of drug-likeness (QED) is 0.190. The lowest BCUT2D eigenvalue weighted by Gasteiger charge is -2.37. The number of rotatable bonds is 15. The van der Waals surface area contributed by atoms with E-state index in [4.69, 9.17) is 9.47 Å². The van der Waals surface area contributed by atoms with Gasteiger partial charge < -0.3 is 24.4 Å². The van der Waals surface area contributed by atoms with E-state index in [0.29, 0.717) is 31.2 Å². The number of esters is 1. The highest BCUT2D eigenvalue weighted by Gasteiger charge is 2.80. The largest absolute Gasteiger partial charge is 0.465 e. The van der Waals surface area contributed by atoms with Gasteiger partial charge in [0.25, 0.3) is 0 Å². The van der Waals surface area contributed by atoms with E-state index in [1.807, 2.05) is 44.2 Å². The minimum Gasteiger partial charge on any atom is -0.465 e. The Balaban J connectivity index is 1.48. The molecule has 2 amide bonds. The molecule has 4 heterocycles. The first-order valence-corrected chi connectivity index (χ1v) is 15.3. The molecule has 3 aliphatic heterocycles. The maximum Gasteiger partial charge on any atom is 0.312 e. The number of allylic oxidation sites excluding steroid dienone is 1. The van der Waals surface area contributed by atoms with E-state index in [2.05, 4.69) is 23.5 Å². The maximum absolute atomic E-state index is 14.6. The van der Waals surface area contributed by atoms with Crippen LogP contribution in [0.4, 0.5) is 0 Å². The molecule has 11 heteroatoms. The molecule has 3 unspecified atom stereocenters. The number of nitrogens with zero attached hydrogens (tertiary/aromatic N) is 5. The second kappa shape index (κ2) is 12.6. The number of likely N-dealkylation sites (tertiary alicyclic amines) is 1. The van der Waals surface area contributed by atoms with Crippen molar-refractivity contribution in [3.63, 3.8) is 0 Å². The molecular weight excluding hydrogens is 550 g/mol. The van der Waals surface area contributed by atoms with Gasteiger partial charge in [0.1, 0.15) is 29.7 Å². The number of carbonyl (C=O) groups is 3. The number of aromatic nitrogens is 3. The molecule has 2 bridgehead atoms. The number of para-hydroxylation sites is 1. The Morgan fingerprint density at radius 2 is 2.00 bits per heavy atom. The van der Waals surface area contributed by atoms with Crippen molar-refractivity contribution in [1.82, 2.24) is 24.8 Å². The lowest BCUT2D eigenvalue weighted by atomic mass is 9.62. The summed E-state index contributed by atoms with van der Waals surface area (Å²) in [5, 5.41) is 18.0. The van der Waals surface area contributed by atoms with Crippen LogP contribution in [0, 0.1) is 17.8 Å². The van der Waals surface area contributed by atoms with Crippen LogP contribution in [0.25, 0.3) is 11.0 Å². The summed E-state index contributed by atoms with van der Waals surface area (Å²) in [6.07, 6.45) is 7.31. The predicted molar refractivity (Wildman–Crippen MR) is 159 cm³/mol. The summed E-state index contributed by atoms with van der Waals surface area (Å²) in [5.74, 6) is -2.77. The Hall–Kier alpha value is -3.57. The van der Waals surface area contributed by atoms with Crippen molar-refractivity contribution in [3.05, 3.63) is 49.6 Å². The third-order valence-electron chi connectivity index (χ3n) is 9.54. The molecule has 1 spiro atoms. The third kappa shape index (κ3) is 5.26. The van der Waals surface area contributed by atoms with Gasteiger partial charge in [-0.25, -0.2) is 4.68 Å². The summed E-state index contributed by atoms with van der Waals surface area (Å²) >= 11 is 0. The molecule has 1 aromatic carbocycles. The Morgan fingerprint density at radius 3 is 2.74 bits per heavy atom. The molecule has 5 rings (SSSR count). The SMILES string of the molecule is C=CCCCCOC(=O)[C@H]1[C@H]2C(=O)N(CCCCO)C(C(=O)N(CC=C)Cn3nnc4ccccc43)C23CC(C)[C@]1(C)O3. The fraction of sp³-hybridized carbons (Fsp3) is 0.594. The number of fused-ring (bicyclic) bond motifs is 2. The van der Waals surface area contributed by atoms with Gasteiger partial charge in [-0.1, -0.05) is 36.4 Å². The van der Waals surface area contributed by atoms with E-state index < -0.39 is 35.0 Å². The zero-order valence-corrected chi connectivity index (χ0v) is 25.2. The molecule has 1 N–H and O–H groups in total. The molecule has 1 aromatic heterocycles. The minimum atomic E-state index is -1.18. The van der Waals surface area contributed by atoms with Gasteiger partial charge in [0.15, 0.2) is 0 Å². The average Bonchev–Trinajstić information content (AvgIpc) is 3.66. The fourth-order valence-electron chi connectivity index (χ4n) is 7.39. The maximum atomic E-state index is 14.6. The summed E-state index contributed by atoms with van der Waals surface area (Å²) < 4.78 is 14.2. The molecular formula is C32H43N5O6. The zero-order valence-electron chi connectivity index (χ0n) is 25.2. The van der Waals surface area contributed by atoms with Gasteiger partial charge in [0, 0.05) is 19.7 Å². The van der Waals surface area contributed by atoms with E-state index in [9.17, 15) is 19.5 Å². The van der Waals surface area contributed by atoms with Gasteiger partial charge in [-0.3, -0.25) is 14.4 Å². The molecule has 3 aliphatic rings. The first kappa shape index (κ1) is 30.9. The van der Waals surface area contributed by atoms with Crippen molar-refractivity contribution in [2.24, 2.45) is 17.8 Å². The average molecular weight is 594 g/mol. The van der Waals surface area contributed by atoms with E-state index in [1.165, 1.54) is 0 Å². The van der Waals surface area contributed by atoms with Crippen LogP contribution in [-0.2, 0) is 30.5 Å². The van der Waals surface area contributed by atoms with Gasteiger partial charge in [-0.15, -0.1) is 18.3 Å². The fourth-order valence-corrected chi connectivity index (χ4v) is 7.39. The number of aliphatic hydroxyl groups excluding tert-OH is 1. The van der Waals surface area contributed by atoms with Crippen LogP contribution in [-0.4, -0.2) is 91.2 Å². The molecule has 0 saturated carbocycles. The smallest absolute Gasteiger partial charge is 0.312 e. The van der Waals surface area contributed by atoms with Crippen LogP contribution in [0.1, 0.15) is 52.4 Å². The number of hydrogen-bond acceptors (Lipinski definition) is 8. The first-order chi connectivity index (χ1) is 20.7. The van der Waals surface area contributed by atoms with Crippen LogP contribution in [0.3, 0.4) is 0 Å². The van der Waals surface area contributed by atoms with E-state index in [1.54, 1.807) is 20.6 Å². The van der Waals surface area contributed by atoms with Crippen molar-refractivity contribution in [2.75, 3.05) is 26.3 Å². The van der Waals surface area contributed by atoms with Crippen LogP contribution in [0.15, 0.2) is 49.6 Å². The summed E-state index contributed by atoms with van der Waals surface area (Å²) in [5.41, 5.74) is -0.644. The van der Waals surface area contributed by atoms with E-state index in [-0.39, 0.29) is 50.7 Å². The van der Waals surface area contributed by atoms with Crippen LogP contribution in [0.2, 0.25) is 0 Å². The molecule has 43 heavy (non-hydrogen) atoms. The molecule has 2 aromatic rings. The van der Waals surface area contributed by atoms with Gasteiger partial charge >= 0.3 is 5.97 Å². The molecule has 0 radical (unpaired) electrons. The monoisotopic (exact) mass is 593 g/mol. The predicted octanol–water partition coefficient (Wildman–Crippen LogP) is 3.09. The Bertz CT molecular complexity index is 1380. The van der Waals surface area contributed by atoms with Crippen LogP contribution >= 0.6 is 0 Å². The third-order valence-corrected chi connectivity index (χ3v) is 9.54. The zero-order chi connectivity index (χ0) is 30.8. The standard InChI is InChI=1S/C32H43N5O6/c1-5-7-8-13-19-42-30(41)26-25-28(39)36(17-11-12-18-38)27(32(25)20-22(3)31(26,4)43-32)29(40)35(16-6-2)21-37-24-15-10-9-14-23(24)33-34-37/h5-6,9-10,14-15,22,25-27,38H,1-2,7-8,11-13,16-21H2,3-4H3/t22?,25-,26+,27?,31-,32?/m0/s1. The minimum absolute atomic E-state index is 0.0242. The number of amides is 2. The Morgan fingerprint density at radius 1 is 1.21 bits per heavy atom. The molecule has 0 aliphatic carbocycles. The normalized spacial score (nSPS) is 29.2.